The van der Waals surface area contributed by atoms with Crippen LogP contribution in [0.15, 0.2) is 54.6 Å². The zero-order valence-electron chi connectivity index (χ0n) is 16.4. The van der Waals surface area contributed by atoms with Gasteiger partial charge in [-0.25, -0.2) is 4.98 Å². The summed E-state index contributed by atoms with van der Waals surface area (Å²) < 4.78 is 5.64. The van der Waals surface area contributed by atoms with E-state index in [1.165, 1.54) is 17.4 Å². The van der Waals surface area contributed by atoms with E-state index < -0.39 is 0 Å². The molecule has 6 heteroatoms. The van der Waals surface area contributed by atoms with Crippen LogP contribution in [0.1, 0.15) is 30.2 Å². The van der Waals surface area contributed by atoms with Crippen molar-refractivity contribution in [3.63, 3.8) is 0 Å². The number of halogens is 1. The third-order valence-electron chi connectivity index (χ3n) is 4.20. The van der Waals surface area contributed by atoms with E-state index in [1.54, 1.807) is 6.08 Å². The number of ether oxygens (including phenoxy) is 1. The Hall–Kier alpha value is -2.63. The second-order valence-electron chi connectivity index (χ2n) is 6.53. The highest BCUT2D eigenvalue weighted by molar-refractivity contribution is 7.16. The number of thiazole rings is 1. The summed E-state index contributed by atoms with van der Waals surface area (Å²) in [5, 5.41) is 4.05. The van der Waals surface area contributed by atoms with Gasteiger partial charge in [-0.15, -0.1) is 11.3 Å². The molecule has 1 N–H and O–H groups in total. The molecule has 0 spiro atoms. The molecule has 1 amide bonds. The minimum Gasteiger partial charge on any atom is -0.494 e. The van der Waals surface area contributed by atoms with Crippen LogP contribution in [-0.2, 0) is 4.79 Å². The van der Waals surface area contributed by atoms with Crippen molar-refractivity contribution >= 4 is 40.1 Å². The first kappa shape index (κ1) is 21.1. The Bertz CT molecular complexity index is 996. The quantitative estimate of drug-likeness (QED) is 0.326. The monoisotopic (exact) mass is 426 g/mol. The SMILES string of the molecule is CCCCOc1ccc(/C=C/C(=O)Nc2nc(-c3cccc(Cl)c3)c(C)s2)cc1. The molecule has 1 heterocycles. The normalized spacial score (nSPS) is 11.0. The Labute approximate surface area is 180 Å². The average Bonchev–Trinajstić information content (AvgIpc) is 3.07. The molecule has 3 rings (SSSR count). The molecular formula is C23H23ClN2O2S. The summed E-state index contributed by atoms with van der Waals surface area (Å²) in [5.74, 6) is 0.617. The predicted molar refractivity (Wildman–Crippen MR) is 122 cm³/mol. The highest BCUT2D eigenvalue weighted by atomic mass is 35.5. The third-order valence-corrected chi connectivity index (χ3v) is 5.32. The number of hydrogen-bond donors (Lipinski definition) is 1. The Balaban J connectivity index is 1.60. The van der Waals surface area contributed by atoms with Gasteiger partial charge in [-0.3, -0.25) is 10.1 Å². The fourth-order valence-corrected chi connectivity index (χ4v) is 3.71. The van der Waals surface area contributed by atoms with Crippen LogP contribution in [0.4, 0.5) is 5.13 Å². The summed E-state index contributed by atoms with van der Waals surface area (Å²) >= 11 is 7.51. The number of carbonyl (C=O) groups is 1. The van der Waals surface area contributed by atoms with Gasteiger partial charge in [0.25, 0.3) is 0 Å². The predicted octanol–water partition coefficient (Wildman–Crippen LogP) is 6.60. The van der Waals surface area contributed by atoms with Crippen LogP contribution in [0.2, 0.25) is 5.02 Å². The zero-order valence-corrected chi connectivity index (χ0v) is 18.0. The maximum atomic E-state index is 12.3. The van der Waals surface area contributed by atoms with Crippen molar-refractivity contribution in [1.29, 1.82) is 0 Å². The highest BCUT2D eigenvalue weighted by Gasteiger charge is 2.11. The van der Waals surface area contributed by atoms with Crippen LogP contribution in [0.5, 0.6) is 5.75 Å². The maximum Gasteiger partial charge on any atom is 0.250 e. The second kappa shape index (κ2) is 10.2. The zero-order chi connectivity index (χ0) is 20.6. The van der Waals surface area contributed by atoms with Crippen LogP contribution in [0.3, 0.4) is 0 Å². The molecule has 0 bridgehead atoms. The lowest BCUT2D eigenvalue weighted by molar-refractivity contribution is -0.111. The van der Waals surface area contributed by atoms with Crippen LogP contribution < -0.4 is 10.1 Å². The molecule has 4 nitrogen and oxygen atoms in total. The van der Waals surface area contributed by atoms with Gasteiger partial charge in [0.05, 0.1) is 12.3 Å². The molecule has 0 fully saturated rings. The van der Waals surface area contributed by atoms with Crippen molar-refractivity contribution in [2.24, 2.45) is 0 Å². The lowest BCUT2D eigenvalue weighted by Gasteiger charge is -2.05. The number of aromatic nitrogens is 1. The first-order valence-electron chi connectivity index (χ1n) is 9.50. The number of anilines is 1. The Kier molecular flexibility index (Phi) is 7.44. The molecule has 0 unspecified atom stereocenters. The molecule has 0 radical (unpaired) electrons. The number of hydrogen-bond acceptors (Lipinski definition) is 4. The second-order valence-corrected chi connectivity index (χ2v) is 8.17. The van der Waals surface area contributed by atoms with Crippen molar-refractivity contribution in [2.75, 3.05) is 11.9 Å². The summed E-state index contributed by atoms with van der Waals surface area (Å²) in [4.78, 5) is 17.8. The van der Waals surface area contributed by atoms with Crippen molar-refractivity contribution in [2.45, 2.75) is 26.7 Å². The first-order chi connectivity index (χ1) is 14.0. The van der Waals surface area contributed by atoms with Crippen molar-refractivity contribution < 1.29 is 9.53 Å². The maximum absolute atomic E-state index is 12.3. The summed E-state index contributed by atoms with van der Waals surface area (Å²) in [7, 11) is 0. The molecule has 0 aliphatic rings. The number of rotatable bonds is 8. The van der Waals surface area contributed by atoms with Gasteiger partial charge in [0.15, 0.2) is 5.13 Å². The van der Waals surface area contributed by atoms with Crippen molar-refractivity contribution in [3.05, 3.63) is 70.1 Å². The summed E-state index contributed by atoms with van der Waals surface area (Å²) in [6, 6.07) is 15.2. The lowest BCUT2D eigenvalue weighted by atomic mass is 10.1. The van der Waals surface area contributed by atoms with E-state index >= 15 is 0 Å². The first-order valence-corrected chi connectivity index (χ1v) is 10.7. The van der Waals surface area contributed by atoms with E-state index in [1.807, 2.05) is 55.5 Å². The van der Waals surface area contributed by atoms with Crippen molar-refractivity contribution in [3.8, 4) is 17.0 Å². The molecule has 0 aliphatic carbocycles. The van der Waals surface area contributed by atoms with Gasteiger partial charge in [0.2, 0.25) is 5.91 Å². The highest BCUT2D eigenvalue weighted by Crippen LogP contribution is 2.31. The van der Waals surface area contributed by atoms with Crippen LogP contribution >= 0.6 is 22.9 Å². The Morgan fingerprint density at radius 1 is 1.24 bits per heavy atom. The van der Waals surface area contributed by atoms with Crippen LogP contribution in [0, 0.1) is 6.92 Å². The summed E-state index contributed by atoms with van der Waals surface area (Å²) in [6.45, 7) is 4.83. The number of nitrogens with zero attached hydrogens (tertiary/aromatic N) is 1. The smallest absolute Gasteiger partial charge is 0.250 e. The molecule has 0 atom stereocenters. The van der Waals surface area contributed by atoms with Gasteiger partial charge in [0, 0.05) is 21.5 Å². The molecule has 2 aromatic carbocycles. The van der Waals surface area contributed by atoms with E-state index in [0.29, 0.717) is 10.2 Å². The van der Waals surface area contributed by atoms with Gasteiger partial charge >= 0.3 is 0 Å². The molecule has 3 aromatic rings. The molecule has 150 valence electrons. The Morgan fingerprint density at radius 2 is 2.03 bits per heavy atom. The van der Waals surface area contributed by atoms with Gasteiger partial charge in [-0.1, -0.05) is 49.2 Å². The standard InChI is InChI=1S/C23H23ClN2O2S/c1-3-4-14-28-20-11-8-17(9-12-20)10-13-21(27)25-23-26-22(16(2)29-23)18-6-5-7-19(24)15-18/h5-13,15H,3-4,14H2,1-2H3,(H,25,26,27)/b13-10+. The van der Waals surface area contributed by atoms with Gasteiger partial charge in [-0.05, 0) is 49.2 Å². The van der Waals surface area contributed by atoms with Gasteiger partial charge in [-0.2, -0.15) is 0 Å². The number of amides is 1. The van der Waals surface area contributed by atoms with Gasteiger partial charge in [0.1, 0.15) is 5.75 Å². The fraction of sp³-hybridized carbons (Fsp3) is 0.217. The number of carbonyl (C=O) groups excluding carboxylic acids is 1. The number of benzene rings is 2. The number of nitrogens with one attached hydrogen (secondary N) is 1. The van der Waals surface area contributed by atoms with E-state index in [9.17, 15) is 4.79 Å². The molecule has 0 saturated heterocycles. The Morgan fingerprint density at radius 3 is 2.76 bits per heavy atom. The topological polar surface area (TPSA) is 51.2 Å². The van der Waals surface area contributed by atoms with Crippen LogP contribution in [0.25, 0.3) is 17.3 Å². The van der Waals surface area contributed by atoms with E-state index in [0.717, 1.165) is 46.9 Å². The summed E-state index contributed by atoms with van der Waals surface area (Å²) in [6.07, 6.45) is 5.42. The third kappa shape index (κ3) is 6.17. The fourth-order valence-electron chi connectivity index (χ4n) is 2.68. The summed E-state index contributed by atoms with van der Waals surface area (Å²) in [5.41, 5.74) is 2.69. The lowest BCUT2D eigenvalue weighted by Crippen LogP contribution is -2.07. The minimum atomic E-state index is -0.223. The molecule has 1 aromatic heterocycles. The number of unbranched alkanes of at least 4 members (excludes halogenated alkanes) is 1. The molecule has 0 aliphatic heterocycles. The minimum absolute atomic E-state index is 0.223. The van der Waals surface area contributed by atoms with E-state index in [4.69, 9.17) is 16.3 Å². The van der Waals surface area contributed by atoms with E-state index in [-0.39, 0.29) is 5.91 Å². The largest absolute Gasteiger partial charge is 0.494 e. The van der Waals surface area contributed by atoms with Gasteiger partial charge < -0.3 is 4.74 Å². The van der Waals surface area contributed by atoms with Crippen LogP contribution in [-0.4, -0.2) is 17.5 Å². The van der Waals surface area contributed by atoms with E-state index in [2.05, 4.69) is 17.2 Å². The molecular weight excluding hydrogens is 404 g/mol. The molecule has 29 heavy (non-hydrogen) atoms. The number of aryl methyl sites for hydroxylation is 1. The molecule has 0 saturated carbocycles. The average molecular weight is 427 g/mol. The van der Waals surface area contributed by atoms with Crippen molar-refractivity contribution in [1.82, 2.24) is 4.98 Å².